The lowest BCUT2D eigenvalue weighted by Gasteiger charge is -2.45. The monoisotopic (exact) mass is 370 g/mol. The van der Waals surface area contributed by atoms with Gasteiger partial charge in [-0.05, 0) is 21.8 Å². The van der Waals surface area contributed by atoms with Gasteiger partial charge in [0, 0.05) is 0 Å². The van der Waals surface area contributed by atoms with Crippen LogP contribution in [0.15, 0.2) is 73.3 Å². The Labute approximate surface area is 158 Å². The van der Waals surface area contributed by atoms with Gasteiger partial charge in [0.05, 0.1) is 12.7 Å². The van der Waals surface area contributed by atoms with Crippen LogP contribution in [0.4, 0.5) is 0 Å². The van der Waals surface area contributed by atoms with Gasteiger partial charge in [0.15, 0.2) is 0 Å². The van der Waals surface area contributed by atoms with E-state index in [-0.39, 0.29) is 11.6 Å². The Morgan fingerprint density at radius 2 is 1.46 bits per heavy atom. The number of hydrogen-bond acceptors (Lipinski definition) is 3. The van der Waals surface area contributed by atoms with Crippen LogP contribution in [0.3, 0.4) is 0 Å². The molecule has 140 valence electrons. The standard InChI is InChI=1S/C22H30O3Si/c1-5-12-21(20(24)17-23)25-26(22(2,3)4,18-13-8-6-9-14-18)19-15-10-7-11-16-19/h5-11,13-16,20-21,23-24H,1,12,17H2,2-4H3/t20-,21+/m0/s1. The highest BCUT2D eigenvalue weighted by atomic mass is 28.4. The molecule has 0 aromatic heterocycles. The largest absolute Gasteiger partial charge is 0.401 e. The van der Waals surface area contributed by atoms with Gasteiger partial charge < -0.3 is 14.6 Å². The second-order valence-electron chi connectivity index (χ2n) is 7.59. The normalized spacial score (nSPS) is 14.7. The zero-order valence-electron chi connectivity index (χ0n) is 15.9. The lowest BCUT2D eigenvalue weighted by molar-refractivity contribution is -0.00368. The van der Waals surface area contributed by atoms with Crippen LogP contribution in [0, 0.1) is 0 Å². The fraction of sp³-hybridized carbons (Fsp3) is 0.364. The maximum atomic E-state index is 10.4. The van der Waals surface area contributed by atoms with Crippen molar-refractivity contribution in [2.45, 2.75) is 44.4 Å². The van der Waals surface area contributed by atoms with E-state index in [2.05, 4.69) is 51.6 Å². The van der Waals surface area contributed by atoms with Crippen molar-refractivity contribution in [1.29, 1.82) is 0 Å². The average Bonchev–Trinajstić information content (AvgIpc) is 2.65. The first kappa shape index (κ1) is 20.6. The molecular formula is C22H30O3Si. The highest BCUT2D eigenvalue weighted by molar-refractivity contribution is 6.99. The van der Waals surface area contributed by atoms with Gasteiger partial charge in [-0.1, -0.05) is 87.5 Å². The molecule has 0 heterocycles. The number of aliphatic hydroxyl groups is 2. The molecular weight excluding hydrogens is 340 g/mol. The zero-order valence-corrected chi connectivity index (χ0v) is 16.9. The summed E-state index contributed by atoms with van der Waals surface area (Å²) in [5, 5.41) is 22.0. The molecule has 0 fully saturated rings. The van der Waals surface area contributed by atoms with Crippen LogP contribution in [0.1, 0.15) is 27.2 Å². The fourth-order valence-electron chi connectivity index (χ4n) is 3.48. The minimum absolute atomic E-state index is 0.176. The number of aliphatic hydroxyl groups excluding tert-OH is 2. The average molecular weight is 371 g/mol. The van der Waals surface area contributed by atoms with E-state index in [0.29, 0.717) is 6.42 Å². The number of rotatable bonds is 8. The van der Waals surface area contributed by atoms with Gasteiger partial charge in [0.2, 0.25) is 0 Å². The first-order valence-corrected chi connectivity index (χ1v) is 11.0. The molecule has 4 heteroatoms. The summed E-state index contributed by atoms with van der Waals surface area (Å²) in [6, 6.07) is 20.6. The van der Waals surface area contributed by atoms with Crippen LogP contribution in [-0.2, 0) is 4.43 Å². The third kappa shape index (κ3) is 4.15. The summed E-state index contributed by atoms with van der Waals surface area (Å²) in [5.74, 6) is 0. The molecule has 0 amide bonds. The Kier molecular flexibility index (Phi) is 6.95. The van der Waals surface area contributed by atoms with Crippen LogP contribution in [-0.4, -0.2) is 37.3 Å². The van der Waals surface area contributed by atoms with Gasteiger partial charge >= 0.3 is 0 Å². The summed E-state index contributed by atoms with van der Waals surface area (Å²) >= 11 is 0. The molecule has 0 aliphatic rings. The molecule has 2 rings (SSSR count). The van der Waals surface area contributed by atoms with Gasteiger partial charge in [-0.15, -0.1) is 6.58 Å². The summed E-state index contributed by atoms with van der Waals surface area (Å²) in [5.41, 5.74) is 0. The molecule has 3 nitrogen and oxygen atoms in total. The summed E-state index contributed by atoms with van der Waals surface area (Å²) in [6.07, 6.45) is 0.756. The van der Waals surface area contributed by atoms with Crippen molar-refractivity contribution in [3.8, 4) is 0 Å². The van der Waals surface area contributed by atoms with Gasteiger partial charge in [-0.3, -0.25) is 0 Å². The lowest BCUT2D eigenvalue weighted by atomic mass is 10.1. The zero-order chi connectivity index (χ0) is 19.2. The van der Waals surface area contributed by atoms with E-state index < -0.39 is 20.5 Å². The van der Waals surface area contributed by atoms with Gasteiger partial charge in [0.1, 0.15) is 6.10 Å². The smallest absolute Gasteiger partial charge is 0.261 e. The van der Waals surface area contributed by atoms with Gasteiger partial charge in [-0.2, -0.15) is 0 Å². The van der Waals surface area contributed by atoms with Crippen molar-refractivity contribution in [2.24, 2.45) is 0 Å². The van der Waals surface area contributed by atoms with E-state index in [9.17, 15) is 10.2 Å². The summed E-state index contributed by atoms with van der Waals surface area (Å²) in [7, 11) is -2.75. The van der Waals surface area contributed by atoms with Gasteiger partial charge in [0.25, 0.3) is 8.32 Å². The Balaban J connectivity index is 2.69. The molecule has 0 radical (unpaired) electrons. The molecule has 2 aromatic rings. The van der Waals surface area contributed by atoms with E-state index in [1.807, 2.05) is 36.4 Å². The predicted molar refractivity (Wildman–Crippen MR) is 110 cm³/mol. The maximum absolute atomic E-state index is 10.4. The van der Waals surface area contributed by atoms with Crippen molar-refractivity contribution in [2.75, 3.05) is 6.61 Å². The molecule has 0 aliphatic carbocycles. The highest BCUT2D eigenvalue weighted by Crippen LogP contribution is 2.38. The van der Waals surface area contributed by atoms with Crippen molar-refractivity contribution in [3.05, 3.63) is 73.3 Å². The topological polar surface area (TPSA) is 49.7 Å². The second-order valence-corrected chi connectivity index (χ2v) is 11.8. The Morgan fingerprint density at radius 3 is 1.81 bits per heavy atom. The maximum Gasteiger partial charge on any atom is 0.261 e. The second kappa shape index (κ2) is 8.78. The Hall–Kier alpha value is -1.72. The quantitative estimate of drug-likeness (QED) is 0.555. The number of benzene rings is 2. The minimum atomic E-state index is -2.75. The summed E-state index contributed by atoms with van der Waals surface area (Å²) in [6.45, 7) is 10.0. The Morgan fingerprint density at radius 1 is 1.00 bits per heavy atom. The molecule has 0 saturated carbocycles. The van der Waals surface area contributed by atoms with Crippen molar-refractivity contribution in [3.63, 3.8) is 0 Å². The minimum Gasteiger partial charge on any atom is -0.401 e. The first-order valence-electron chi connectivity index (χ1n) is 9.05. The van der Waals surface area contributed by atoms with Crippen LogP contribution in [0.2, 0.25) is 5.04 Å². The molecule has 0 bridgehead atoms. The van der Waals surface area contributed by atoms with E-state index in [4.69, 9.17) is 4.43 Å². The fourth-order valence-corrected chi connectivity index (χ4v) is 8.21. The van der Waals surface area contributed by atoms with E-state index in [1.54, 1.807) is 6.08 Å². The third-order valence-corrected chi connectivity index (χ3v) is 9.82. The van der Waals surface area contributed by atoms with Crippen molar-refractivity contribution >= 4 is 18.7 Å². The van der Waals surface area contributed by atoms with Gasteiger partial charge in [-0.25, -0.2) is 0 Å². The Bertz CT molecular complexity index is 640. The predicted octanol–water partition coefficient (Wildman–Crippen LogP) is 2.86. The lowest BCUT2D eigenvalue weighted by Crippen LogP contribution is -2.68. The molecule has 2 aromatic carbocycles. The van der Waals surface area contributed by atoms with Crippen LogP contribution >= 0.6 is 0 Å². The molecule has 0 aliphatic heterocycles. The third-order valence-electron chi connectivity index (χ3n) is 4.76. The van der Waals surface area contributed by atoms with Crippen molar-refractivity contribution in [1.82, 2.24) is 0 Å². The molecule has 0 saturated heterocycles. The molecule has 26 heavy (non-hydrogen) atoms. The molecule has 0 spiro atoms. The van der Waals surface area contributed by atoms with E-state index >= 15 is 0 Å². The summed E-state index contributed by atoms with van der Waals surface area (Å²) < 4.78 is 6.83. The van der Waals surface area contributed by atoms with Crippen LogP contribution in [0.5, 0.6) is 0 Å². The van der Waals surface area contributed by atoms with E-state index in [1.165, 1.54) is 0 Å². The number of hydrogen-bond donors (Lipinski definition) is 2. The van der Waals surface area contributed by atoms with E-state index in [0.717, 1.165) is 10.4 Å². The molecule has 0 unspecified atom stereocenters. The van der Waals surface area contributed by atoms with Crippen LogP contribution < -0.4 is 10.4 Å². The van der Waals surface area contributed by atoms with Crippen LogP contribution in [0.25, 0.3) is 0 Å². The first-order chi connectivity index (χ1) is 12.4. The van der Waals surface area contributed by atoms with Crippen molar-refractivity contribution < 1.29 is 14.6 Å². The highest BCUT2D eigenvalue weighted by Gasteiger charge is 2.51. The SMILES string of the molecule is C=CC[C@@H](O[Si](c1ccccc1)(c1ccccc1)C(C)(C)C)[C@@H](O)CO. The summed E-state index contributed by atoms with van der Waals surface area (Å²) in [4.78, 5) is 0. The molecule has 2 atom stereocenters. The molecule has 2 N–H and O–H groups in total.